The number of epoxide rings is 1. The number of aliphatic hydroxyl groups is 1. The van der Waals surface area contributed by atoms with Crippen LogP contribution in [0, 0.1) is 0 Å². The molecule has 1 N–H and O–H groups in total. The van der Waals surface area contributed by atoms with Crippen molar-refractivity contribution in [2.45, 2.75) is 58.2 Å². The molecule has 4 nitrogen and oxygen atoms in total. The average molecular weight is 244 g/mol. The molecule has 17 heavy (non-hydrogen) atoms. The standard InChI is InChI=1S/C13H24O4/c1-4-7-8-9-10(14)11-12(17-11)13(15-5-2)16-6-3/h4,7,10-14H,5-6,8-9H2,1-3H3/b7-4+/t10-,11-,12-/m1/s1. The van der Waals surface area contributed by atoms with E-state index in [0.717, 1.165) is 12.8 Å². The molecule has 4 heteroatoms. The Morgan fingerprint density at radius 2 is 1.88 bits per heavy atom. The van der Waals surface area contributed by atoms with Crippen LogP contribution in [-0.4, -0.2) is 42.9 Å². The number of hydrogen-bond donors (Lipinski definition) is 1. The maximum atomic E-state index is 9.90. The summed E-state index contributed by atoms with van der Waals surface area (Å²) >= 11 is 0. The third-order valence-corrected chi connectivity index (χ3v) is 2.74. The Kier molecular flexibility index (Phi) is 6.73. The molecule has 1 saturated heterocycles. The minimum atomic E-state index is -0.431. The molecule has 0 aromatic carbocycles. The Hall–Kier alpha value is -0.420. The van der Waals surface area contributed by atoms with E-state index in [4.69, 9.17) is 14.2 Å². The molecule has 0 radical (unpaired) electrons. The van der Waals surface area contributed by atoms with Crippen molar-refractivity contribution >= 4 is 0 Å². The van der Waals surface area contributed by atoms with E-state index in [0.29, 0.717) is 13.2 Å². The van der Waals surface area contributed by atoms with Crippen molar-refractivity contribution in [1.29, 1.82) is 0 Å². The second kappa shape index (κ2) is 7.82. The molecular weight excluding hydrogens is 220 g/mol. The van der Waals surface area contributed by atoms with E-state index < -0.39 is 6.10 Å². The highest BCUT2D eigenvalue weighted by molar-refractivity contribution is 4.94. The molecule has 0 spiro atoms. The number of rotatable bonds is 9. The lowest BCUT2D eigenvalue weighted by Gasteiger charge is -2.15. The van der Waals surface area contributed by atoms with Gasteiger partial charge in [0.15, 0.2) is 6.29 Å². The monoisotopic (exact) mass is 244 g/mol. The van der Waals surface area contributed by atoms with E-state index in [1.54, 1.807) is 0 Å². The Labute approximate surface area is 104 Å². The summed E-state index contributed by atoms with van der Waals surface area (Å²) in [6.07, 6.45) is 4.60. The van der Waals surface area contributed by atoms with E-state index in [2.05, 4.69) is 0 Å². The van der Waals surface area contributed by atoms with E-state index in [1.807, 2.05) is 32.9 Å². The summed E-state index contributed by atoms with van der Waals surface area (Å²) in [5.41, 5.74) is 0. The third-order valence-electron chi connectivity index (χ3n) is 2.74. The fourth-order valence-corrected chi connectivity index (χ4v) is 1.83. The smallest absolute Gasteiger partial charge is 0.186 e. The molecule has 0 aromatic heterocycles. The van der Waals surface area contributed by atoms with E-state index in [1.165, 1.54) is 0 Å². The number of aliphatic hydroxyl groups excluding tert-OH is 1. The molecule has 0 saturated carbocycles. The molecule has 100 valence electrons. The lowest BCUT2D eigenvalue weighted by molar-refractivity contribution is -0.147. The van der Waals surface area contributed by atoms with E-state index in [-0.39, 0.29) is 18.5 Å². The van der Waals surface area contributed by atoms with Gasteiger partial charge in [0.05, 0.1) is 6.10 Å². The van der Waals surface area contributed by atoms with Gasteiger partial charge in [-0.2, -0.15) is 0 Å². The highest BCUT2D eigenvalue weighted by Gasteiger charge is 2.50. The average Bonchev–Trinajstić information content (AvgIpc) is 3.09. The Morgan fingerprint density at radius 3 is 2.41 bits per heavy atom. The van der Waals surface area contributed by atoms with Gasteiger partial charge < -0.3 is 19.3 Å². The fraction of sp³-hybridized carbons (Fsp3) is 0.846. The van der Waals surface area contributed by atoms with E-state index in [9.17, 15) is 5.11 Å². The van der Waals surface area contributed by atoms with Crippen molar-refractivity contribution in [2.75, 3.05) is 13.2 Å². The van der Waals surface area contributed by atoms with Gasteiger partial charge in [0.1, 0.15) is 12.2 Å². The maximum Gasteiger partial charge on any atom is 0.186 e. The number of ether oxygens (including phenoxy) is 3. The molecular formula is C13H24O4. The molecule has 0 amide bonds. The van der Waals surface area contributed by atoms with Gasteiger partial charge in [0.25, 0.3) is 0 Å². The van der Waals surface area contributed by atoms with Crippen molar-refractivity contribution in [2.24, 2.45) is 0 Å². The van der Waals surface area contributed by atoms with E-state index >= 15 is 0 Å². The molecule has 0 aromatic rings. The third kappa shape index (κ3) is 4.76. The van der Waals surface area contributed by atoms with Crippen LogP contribution in [-0.2, 0) is 14.2 Å². The van der Waals surface area contributed by atoms with Crippen molar-refractivity contribution in [3.8, 4) is 0 Å². The Morgan fingerprint density at radius 1 is 1.24 bits per heavy atom. The zero-order chi connectivity index (χ0) is 12.7. The van der Waals surface area contributed by atoms with Gasteiger partial charge in [-0.25, -0.2) is 0 Å². The molecule has 1 aliphatic heterocycles. The van der Waals surface area contributed by atoms with Crippen LogP contribution in [0.3, 0.4) is 0 Å². The van der Waals surface area contributed by atoms with Crippen LogP contribution in [0.1, 0.15) is 33.6 Å². The maximum absolute atomic E-state index is 9.90. The first-order valence-electron chi connectivity index (χ1n) is 6.42. The van der Waals surface area contributed by atoms with Gasteiger partial charge in [-0.15, -0.1) is 0 Å². The normalized spacial score (nSPS) is 25.7. The molecule has 0 bridgehead atoms. The predicted octanol–water partition coefficient (Wildman–Crippen LogP) is 1.87. The van der Waals surface area contributed by atoms with Crippen molar-refractivity contribution in [3.63, 3.8) is 0 Å². The minimum Gasteiger partial charge on any atom is -0.390 e. The quantitative estimate of drug-likeness (QED) is 0.382. The first-order valence-corrected chi connectivity index (χ1v) is 6.42. The predicted molar refractivity (Wildman–Crippen MR) is 65.8 cm³/mol. The van der Waals surface area contributed by atoms with Gasteiger partial charge in [-0.3, -0.25) is 0 Å². The SMILES string of the molecule is C/C=C/CC[C@@H](O)[C@H]1O[C@H]1C(OCC)OCC. The van der Waals surface area contributed by atoms with Crippen LogP contribution >= 0.6 is 0 Å². The molecule has 1 heterocycles. The van der Waals surface area contributed by atoms with Crippen molar-refractivity contribution in [1.82, 2.24) is 0 Å². The van der Waals surface area contributed by atoms with Gasteiger partial charge in [-0.1, -0.05) is 12.2 Å². The van der Waals surface area contributed by atoms with Crippen molar-refractivity contribution < 1.29 is 19.3 Å². The Bertz CT molecular complexity index is 223. The highest BCUT2D eigenvalue weighted by atomic mass is 16.7. The topological polar surface area (TPSA) is 51.2 Å². The summed E-state index contributed by atoms with van der Waals surface area (Å²) in [5, 5.41) is 9.90. The van der Waals surface area contributed by atoms with Gasteiger partial charge in [-0.05, 0) is 33.6 Å². The zero-order valence-corrected chi connectivity index (χ0v) is 11.0. The van der Waals surface area contributed by atoms with Crippen LogP contribution < -0.4 is 0 Å². The van der Waals surface area contributed by atoms with Crippen LogP contribution in [0.15, 0.2) is 12.2 Å². The highest BCUT2D eigenvalue weighted by Crippen LogP contribution is 2.32. The summed E-state index contributed by atoms with van der Waals surface area (Å²) in [4.78, 5) is 0. The molecule has 1 rings (SSSR count). The Balaban J connectivity index is 2.29. The largest absolute Gasteiger partial charge is 0.390 e. The summed E-state index contributed by atoms with van der Waals surface area (Å²) in [5.74, 6) is 0. The van der Waals surface area contributed by atoms with Gasteiger partial charge >= 0.3 is 0 Å². The van der Waals surface area contributed by atoms with Crippen LogP contribution in [0.5, 0.6) is 0 Å². The summed E-state index contributed by atoms with van der Waals surface area (Å²) in [6.45, 7) is 7.00. The van der Waals surface area contributed by atoms with Crippen LogP contribution in [0.4, 0.5) is 0 Å². The molecule has 1 fully saturated rings. The van der Waals surface area contributed by atoms with Gasteiger partial charge in [0, 0.05) is 13.2 Å². The first-order chi connectivity index (χ1) is 8.24. The van der Waals surface area contributed by atoms with Gasteiger partial charge in [0.2, 0.25) is 0 Å². The molecule has 3 atom stereocenters. The lowest BCUT2D eigenvalue weighted by atomic mass is 10.1. The van der Waals surface area contributed by atoms with Crippen LogP contribution in [0.2, 0.25) is 0 Å². The number of hydrogen-bond acceptors (Lipinski definition) is 4. The summed E-state index contributed by atoms with van der Waals surface area (Å²) < 4.78 is 16.3. The number of allylic oxidation sites excluding steroid dienone is 2. The summed E-state index contributed by atoms with van der Waals surface area (Å²) in [7, 11) is 0. The minimum absolute atomic E-state index is 0.115. The second-order valence-electron chi connectivity index (χ2n) is 4.06. The lowest BCUT2D eigenvalue weighted by Crippen LogP contribution is -2.28. The zero-order valence-electron chi connectivity index (χ0n) is 11.0. The molecule has 0 aliphatic carbocycles. The molecule has 1 aliphatic rings. The fourth-order valence-electron chi connectivity index (χ4n) is 1.83. The first kappa shape index (κ1) is 14.6. The summed E-state index contributed by atoms with van der Waals surface area (Å²) in [6, 6.07) is 0. The molecule has 0 unspecified atom stereocenters. The second-order valence-corrected chi connectivity index (χ2v) is 4.06. The van der Waals surface area contributed by atoms with Crippen LogP contribution in [0.25, 0.3) is 0 Å². The van der Waals surface area contributed by atoms with Crippen molar-refractivity contribution in [3.05, 3.63) is 12.2 Å².